The Hall–Kier alpha value is -8.01. The van der Waals surface area contributed by atoms with E-state index in [2.05, 4.69) is 195 Å². The van der Waals surface area contributed by atoms with Gasteiger partial charge in [-0.1, -0.05) is 187 Å². The van der Waals surface area contributed by atoms with Crippen molar-refractivity contribution in [3.63, 3.8) is 0 Å². The van der Waals surface area contributed by atoms with Crippen LogP contribution in [0.3, 0.4) is 0 Å². The van der Waals surface area contributed by atoms with Gasteiger partial charge in [0.05, 0.1) is 22.8 Å². The number of oxazole rings is 1. The second-order valence-corrected chi connectivity index (χ2v) is 16.2. The van der Waals surface area contributed by atoms with Gasteiger partial charge in [-0.05, 0) is 120 Å². The van der Waals surface area contributed by atoms with Gasteiger partial charge in [0.2, 0.25) is 11.8 Å². The van der Waals surface area contributed by atoms with Gasteiger partial charge in [0.1, 0.15) is 11.0 Å². The summed E-state index contributed by atoms with van der Waals surface area (Å²) < 4.78 is 9.06. The summed E-state index contributed by atoms with van der Waals surface area (Å²) in [5.74, 6) is 3.58. The summed E-state index contributed by atoms with van der Waals surface area (Å²) in [6.45, 7) is 23.9. The van der Waals surface area contributed by atoms with E-state index in [0.29, 0.717) is 11.8 Å². The van der Waals surface area contributed by atoms with Gasteiger partial charge in [-0.2, -0.15) is 0 Å². The molecule has 1 atom stereocenters. The number of terminal acetylenes is 1. The molecule has 0 saturated heterocycles. The molecule has 0 aliphatic rings. The van der Waals surface area contributed by atoms with E-state index in [9.17, 15) is 0 Å². The van der Waals surface area contributed by atoms with Gasteiger partial charge >= 0.3 is 0 Å². The van der Waals surface area contributed by atoms with Crippen molar-refractivity contribution in [3.8, 4) is 51.9 Å². The first-order valence-corrected chi connectivity index (χ1v) is 26.0. The van der Waals surface area contributed by atoms with Crippen molar-refractivity contribution in [1.82, 2.24) is 19.5 Å². The highest BCUT2D eigenvalue weighted by Crippen LogP contribution is 2.40. The molecule has 376 valence electrons. The lowest BCUT2D eigenvalue weighted by atomic mass is 10.0. The highest BCUT2D eigenvalue weighted by molar-refractivity contribution is 6.17. The summed E-state index contributed by atoms with van der Waals surface area (Å²) in [7, 11) is 2.10. The molecule has 0 N–H and O–H groups in total. The minimum absolute atomic E-state index is 0.0442. The van der Waals surface area contributed by atoms with E-state index in [0.717, 1.165) is 90.8 Å². The Balaban J connectivity index is 0.000000691. The molecule has 9 aromatic rings. The minimum Gasteiger partial charge on any atom is -0.438 e. The molecule has 3 heterocycles. The van der Waals surface area contributed by atoms with Crippen molar-refractivity contribution in [2.24, 2.45) is 0 Å². The third-order valence-corrected chi connectivity index (χ3v) is 11.5. The first-order valence-electron chi connectivity index (χ1n) is 26.0. The number of para-hydroxylation sites is 1. The summed E-state index contributed by atoms with van der Waals surface area (Å²) in [5, 5.41) is 2.14. The highest BCUT2D eigenvalue weighted by Gasteiger charge is 2.24. The normalized spacial score (nSPS) is 11.2. The van der Waals surface area contributed by atoms with Crippen LogP contribution in [-0.4, -0.2) is 26.6 Å². The van der Waals surface area contributed by atoms with Gasteiger partial charge in [0.25, 0.3) is 0 Å². The fourth-order valence-electron chi connectivity index (χ4n) is 8.09. The Morgan fingerprint density at radius 1 is 0.603 bits per heavy atom. The van der Waals surface area contributed by atoms with Gasteiger partial charge < -0.3 is 9.32 Å². The van der Waals surface area contributed by atoms with E-state index in [1.54, 1.807) is 6.92 Å². The van der Waals surface area contributed by atoms with Crippen molar-refractivity contribution in [2.45, 2.75) is 102 Å². The number of fused-ring (bicyclic) bond motifs is 5. The predicted octanol–water partition coefficient (Wildman–Crippen LogP) is 19.7. The molecule has 0 bridgehead atoms. The van der Waals surface area contributed by atoms with Crippen molar-refractivity contribution < 1.29 is 4.42 Å². The number of aryl methyl sites for hydroxylation is 1. The Morgan fingerprint density at radius 3 is 1.73 bits per heavy atom. The maximum Gasteiger partial charge on any atom is 0.235 e. The molecular weight excluding hydrogens is 891 g/mol. The van der Waals surface area contributed by atoms with Gasteiger partial charge in [0, 0.05) is 40.3 Å². The van der Waals surface area contributed by atoms with E-state index >= 15 is 0 Å². The summed E-state index contributed by atoms with van der Waals surface area (Å²) in [6, 6.07) is 51.1. The van der Waals surface area contributed by atoms with Gasteiger partial charge in [-0.15, -0.1) is 12.3 Å². The van der Waals surface area contributed by atoms with Crippen molar-refractivity contribution >= 4 is 44.3 Å². The summed E-state index contributed by atoms with van der Waals surface area (Å²) in [5.41, 5.74) is 12.9. The van der Waals surface area contributed by atoms with Crippen molar-refractivity contribution in [1.29, 1.82) is 0 Å². The Labute approximate surface area is 437 Å². The average Bonchev–Trinajstić information content (AvgIpc) is 4.04. The first-order chi connectivity index (χ1) is 35.8. The molecule has 0 fully saturated rings. The minimum atomic E-state index is 0.0442. The molecule has 0 radical (unpaired) electrons. The number of benzene rings is 6. The number of nitrogens with zero attached hydrogens (tertiary/aromatic N) is 5. The molecule has 1 unspecified atom stereocenters. The van der Waals surface area contributed by atoms with Crippen LogP contribution in [-0.2, 0) is 0 Å². The van der Waals surface area contributed by atoms with Gasteiger partial charge in [-0.25, -0.2) is 15.0 Å². The van der Waals surface area contributed by atoms with E-state index in [-0.39, 0.29) is 5.92 Å². The molecular formula is C67H77N5O. The van der Waals surface area contributed by atoms with E-state index in [4.69, 9.17) is 19.4 Å². The highest BCUT2D eigenvalue weighted by atomic mass is 16.3. The van der Waals surface area contributed by atoms with Crippen LogP contribution >= 0.6 is 0 Å². The van der Waals surface area contributed by atoms with Crippen LogP contribution < -0.4 is 4.90 Å². The number of anilines is 2. The van der Waals surface area contributed by atoms with Crippen LogP contribution in [0, 0.1) is 19.3 Å². The average molecular weight is 968 g/mol. The van der Waals surface area contributed by atoms with Crippen LogP contribution in [0.25, 0.3) is 72.5 Å². The van der Waals surface area contributed by atoms with Gasteiger partial charge in [-0.3, -0.25) is 4.57 Å². The number of allylic oxidation sites excluding steroid dienone is 8. The lowest BCUT2D eigenvalue weighted by Gasteiger charge is -2.19. The van der Waals surface area contributed by atoms with Crippen LogP contribution in [0.4, 0.5) is 11.4 Å². The quantitative estimate of drug-likeness (QED) is 0.0694. The Morgan fingerprint density at radius 2 is 1.15 bits per heavy atom. The van der Waals surface area contributed by atoms with Gasteiger partial charge in [0.15, 0.2) is 5.58 Å². The topological polar surface area (TPSA) is 60.0 Å². The molecule has 0 amide bonds. The summed E-state index contributed by atoms with van der Waals surface area (Å²) in [6.07, 6.45) is 23.0. The van der Waals surface area contributed by atoms with Crippen molar-refractivity contribution in [3.05, 3.63) is 206 Å². The first kappa shape index (κ1) is 57.6. The number of aromatic nitrogens is 4. The number of hydrogen-bond donors (Lipinski definition) is 0. The molecule has 0 aliphatic heterocycles. The van der Waals surface area contributed by atoms with Crippen LogP contribution in [0.5, 0.6) is 0 Å². The second kappa shape index (κ2) is 30.7. The molecule has 6 nitrogen and oxygen atoms in total. The van der Waals surface area contributed by atoms with E-state index in [1.165, 1.54) is 5.56 Å². The smallest absolute Gasteiger partial charge is 0.235 e. The lowest BCUT2D eigenvalue weighted by Crippen LogP contribution is -2.08. The molecule has 0 spiro atoms. The summed E-state index contributed by atoms with van der Waals surface area (Å²) >= 11 is 0. The zero-order valence-corrected chi connectivity index (χ0v) is 45.7. The SMILES string of the molecule is C#CC.C/C=C\C=C/C.C/C=C\CCC(/C=C\C)c1nc2ccc3c4cc(-c5ccc(N(C)c6ccccc6)cc5)ccc4n(-c4nc(-c5ccccc5)cc(-c5ccc(C)cc5)n4)c3c2o1.CC.CC.CC. The fourth-order valence-corrected chi connectivity index (χ4v) is 8.09. The fraction of sp³-hybridized carbons (Fsp3) is 0.239. The van der Waals surface area contributed by atoms with E-state index in [1.807, 2.05) is 104 Å². The predicted molar refractivity (Wildman–Crippen MR) is 319 cm³/mol. The standard InChI is InChI=1S/C52H45N5O.C6H10.C3H4.3C2H6/c1-5-7-10-18-39(15-6-2)51-53-45-31-30-43-44-33-40(36-25-28-42(29-26-36)56(4)41-19-13-9-14-20-41)27-32-48(44)57(49(43)50(45)58-51)52-54-46(37-16-11-8-12-17-37)34-47(55-52)38-23-21-35(3)22-24-38;1-3-5-6-4-2;1-3-2;3*1-2/h5-9,11-17,19-34,39H,10,18H2,1-4H3;3-6H,1-2H3;1H,2H3;3*1-2H3/b7-5-,15-6-;5-3-,6-4-;;;;. The third kappa shape index (κ3) is 14.8. The maximum atomic E-state index is 6.88. The molecule has 3 aromatic heterocycles. The molecule has 0 saturated carbocycles. The van der Waals surface area contributed by atoms with Crippen LogP contribution in [0.2, 0.25) is 0 Å². The summed E-state index contributed by atoms with van der Waals surface area (Å²) in [4.78, 5) is 18.0. The largest absolute Gasteiger partial charge is 0.438 e. The number of hydrogen-bond acceptors (Lipinski definition) is 5. The molecule has 0 aliphatic carbocycles. The zero-order chi connectivity index (χ0) is 53.1. The molecule has 73 heavy (non-hydrogen) atoms. The zero-order valence-electron chi connectivity index (χ0n) is 45.7. The molecule has 6 aromatic carbocycles. The lowest BCUT2D eigenvalue weighted by molar-refractivity contribution is 0.493. The van der Waals surface area contributed by atoms with Crippen LogP contribution in [0.1, 0.15) is 106 Å². The Kier molecular flexibility index (Phi) is 24.2. The molecule has 9 rings (SSSR count). The van der Waals surface area contributed by atoms with E-state index < -0.39 is 0 Å². The van der Waals surface area contributed by atoms with Crippen LogP contribution in [0.15, 0.2) is 199 Å². The van der Waals surface area contributed by atoms with Crippen molar-refractivity contribution in [2.75, 3.05) is 11.9 Å². The number of rotatable bonds is 12. The third-order valence-electron chi connectivity index (χ3n) is 11.5. The second-order valence-electron chi connectivity index (χ2n) is 16.2. The molecule has 6 heteroatoms. The Bertz CT molecular complexity index is 3190. The monoisotopic (exact) mass is 968 g/mol. The maximum absolute atomic E-state index is 6.88.